The van der Waals surface area contributed by atoms with Crippen molar-refractivity contribution in [1.29, 1.82) is 0 Å². The molecule has 7 nitrogen and oxygen atoms in total. The summed E-state index contributed by atoms with van der Waals surface area (Å²) < 4.78 is 2.48. The Balaban J connectivity index is 1.94. The van der Waals surface area contributed by atoms with Gasteiger partial charge >= 0.3 is 5.69 Å². The molecule has 0 aliphatic heterocycles. The lowest BCUT2D eigenvalue weighted by atomic mass is 10.1. The monoisotopic (exact) mass is 405 g/mol. The largest absolute Gasteiger partial charge is 0.332 e. The van der Waals surface area contributed by atoms with Crippen LogP contribution in [0.1, 0.15) is 11.3 Å². The summed E-state index contributed by atoms with van der Waals surface area (Å²) in [6.45, 7) is 2.01. The minimum Gasteiger partial charge on any atom is -0.280 e. The van der Waals surface area contributed by atoms with Crippen LogP contribution in [-0.4, -0.2) is 24.1 Å². The lowest BCUT2D eigenvalue weighted by molar-refractivity contribution is 0.703. The quantitative estimate of drug-likeness (QED) is 0.383. The highest BCUT2D eigenvalue weighted by atomic mass is 32.2. The van der Waals surface area contributed by atoms with Crippen LogP contribution in [0.5, 0.6) is 0 Å². The van der Waals surface area contributed by atoms with E-state index in [4.69, 9.17) is 0 Å². The van der Waals surface area contributed by atoms with E-state index in [1.807, 2.05) is 49.4 Å². The maximum absolute atomic E-state index is 12.9. The number of hydrogen-bond donors (Lipinski definition) is 0. The van der Waals surface area contributed by atoms with Gasteiger partial charge in [0, 0.05) is 31.6 Å². The molecule has 0 fully saturated rings. The van der Waals surface area contributed by atoms with Crippen molar-refractivity contribution in [2.24, 2.45) is 14.1 Å². The van der Waals surface area contributed by atoms with Gasteiger partial charge in [-0.25, -0.2) is 14.8 Å². The van der Waals surface area contributed by atoms with Crippen molar-refractivity contribution < 1.29 is 0 Å². The summed E-state index contributed by atoms with van der Waals surface area (Å²) in [5, 5.41) is 0.874. The zero-order valence-electron chi connectivity index (χ0n) is 16.3. The zero-order valence-corrected chi connectivity index (χ0v) is 17.1. The van der Waals surface area contributed by atoms with Crippen LogP contribution >= 0.6 is 11.8 Å². The molecule has 0 saturated heterocycles. The molecule has 4 rings (SSSR count). The molecule has 0 radical (unpaired) electrons. The van der Waals surface area contributed by atoms with Crippen molar-refractivity contribution >= 4 is 22.8 Å². The number of benzene rings is 1. The molecule has 3 aromatic heterocycles. The number of aromatic nitrogens is 5. The zero-order chi connectivity index (χ0) is 20.5. The molecule has 0 aliphatic rings. The lowest BCUT2D eigenvalue weighted by Crippen LogP contribution is -2.37. The molecule has 1 aromatic carbocycles. The van der Waals surface area contributed by atoms with Crippen molar-refractivity contribution in [3.05, 3.63) is 80.8 Å². The van der Waals surface area contributed by atoms with E-state index in [-0.39, 0.29) is 0 Å². The Morgan fingerprint density at radius 1 is 0.966 bits per heavy atom. The van der Waals surface area contributed by atoms with E-state index in [1.165, 1.54) is 23.4 Å². The van der Waals surface area contributed by atoms with Crippen molar-refractivity contribution in [2.45, 2.75) is 17.7 Å². The molecule has 0 aliphatic carbocycles. The standard InChI is InChI=1S/C21H19N5O2S/c1-13-7-9-14(10-8-13)17-23-18-16(20(27)26(3)21(28)25(18)2)19(24-17)29-12-15-6-4-5-11-22-15/h4-11H,12H2,1-3H3. The first-order valence-electron chi connectivity index (χ1n) is 9.03. The topological polar surface area (TPSA) is 82.7 Å². The first kappa shape index (κ1) is 19.1. The van der Waals surface area contributed by atoms with Gasteiger partial charge in [-0.15, -0.1) is 0 Å². The molecular formula is C21H19N5O2S. The number of aryl methyl sites for hydroxylation is 2. The first-order chi connectivity index (χ1) is 14.0. The van der Waals surface area contributed by atoms with E-state index in [9.17, 15) is 9.59 Å². The van der Waals surface area contributed by atoms with Crippen LogP contribution < -0.4 is 11.2 Å². The first-order valence-corrected chi connectivity index (χ1v) is 10.0. The summed E-state index contributed by atoms with van der Waals surface area (Å²) in [5.74, 6) is 1.02. The lowest BCUT2D eigenvalue weighted by Gasteiger charge is -2.12. The molecular weight excluding hydrogens is 386 g/mol. The van der Waals surface area contributed by atoms with Crippen molar-refractivity contribution in [3.8, 4) is 11.4 Å². The molecule has 0 atom stereocenters. The Morgan fingerprint density at radius 2 is 1.72 bits per heavy atom. The molecule has 0 amide bonds. The normalized spacial score (nSPS) is 11.1. The van der Waals surface area contributed by atoms with Gasteiger partial charge in [-0.05, 0) is 19.1 Å². The van der Waals surface area contributed by atoms with E-state index < -0.39 is 11.2 Å². The van der Waals surface area contributed by atoms with Crippen molar-refractivity contribution in [1.82, 2.24) is 24.1 Å². The molecule has 146 valence electrons. The average Bonchev–Trinajstić information content (AvgIpc) is 2.75. The molecule has 4 aromatic rings. The van der Waals surface area contributed by atoms with E-state index in [1.54, 1.807) is 13.2 Å². The summed E-state index contributed by atoms with van der Waals surface area (Å²) in [6.07, 6.45) is 1.73. The van der Waals surface area contributed by atoms with Gasteiger partial charge < -0.3 is 0 Å². The molecule has 0 bridgehead atoms. The highest BCUT2D eigenvalue weighted by molar-refractivity contribution is 7.98. The molecule has 3 heterocycles. The van der Waals surface area contributed by atoms with E-state index in [0.29, 0.717) is 27.6 Å². The SMILES string of the molecule is Cc1ccc(-c2nc(SCc3ccccn3)c3c(=O)n(C)c(=O)n(C)c3n2)cc1. The van der Waals surface area contributed by atoms with Crippen LogP contribution in [0.3, 0.4) is 0 Å². The second kappa shape index (κ2) is 7.63. The van der Waals surface area contributed by atoms with Gasteiger partial charge in [-0.1, -0.05) is 47.7 Å². The minimum atomic E-state index is -0.420. The number of hydrogen-bond acceptors (Lipinski definition) is 6. The van der Waals surface area contributed by atoms with Gasteiger partial charge in [-0.2, -0.15) is 0 Å². The van der Waals surface area contributed by atoms with Crippen molar-refractivity contribution in [3.63, 3.8) is 0 Å². The maximum Gasteiger partial charge on any atom is 0.332 e. The summed E-state index contributed by atoms with van der Waals surface area (Å²) in [5.41, 5.74) is 2.33. The van der Waals surface area contributed by atoms with Gasteiger partial charge in [0.25, 0.3) is 5.56 Å². The third-order valence-corrected chi connectivity index (χ3v) is 5.67. The van der Waals surface area contributed by atoms with Crippen LogP contribution in [0.4, 0.5) is 0 Å². The summed E-state index contributed by atoms with van der Waals surface area (Å²) >= 11 is 1.41. The fraction of sp³-hybridized carbons (Fsp3) is 0.190. The Labute approximate surface area is 171 Å². The van der Waals surface area contributed by atoms with Gasteiger partial charge in [0.05, 0.1) is 5.69 Å². The van der Waals surface area contributed by atoms with E-state index in [2.05, 4.69) is 15.0 Å². The molecule has 8 heteroatoms. The van der Waals surface area contributed by atoms with Crippen LogP contribution in [0, 0.1) is 6.92 Å². The minimum absolute atomic E-state index is 0.326. The number of pyridine rings is 1. The summed E-state index contributed by atoms with van der Waals surface area (Å²) in [7, 11) is 3.08. The van der Waals surface area contributed by atoms with Crippen LogP contribution in [0.25, 0.3) is 22.4 Å². The predicted molar refractivity (Wildman–Crippen MR) is 114 cm³/mol. The molecule has 0 spiro atoms. The fourth-order valence-corrected chi connectivity index (χ4v) is 3.92. The van der Waals surface area contributed by atoms with Gasteiger partial charge in [0.2, 0.25) is 0 Å². The predicted octanol–water partition coefficient (Wildman–Crippen LogP) is 2.69. The Bertz CT molecular complexity index is 1310. The molecule has 29 heavy (non-hydrogen) atoms. The molecule has 0 N–H and O–H groups in total. The third-order valence-electron chi connectivity index (χ3n) is 4.66. The molecule has 0 saturated carbocycles. The van der Waals surface area contributed by atoms with Crippen LogP contribution in [0.15, 0.2) is 63.3 Å². The number of thioether (sulfide) groups is 1. The Kier molecular flexibility index (Phi) is 5.02. The van der Waals surface area contributed by atoms with Crippen molar-refractivity contribution in [2.75, 3.05) is 0 Å². The maximum atomic E-state index is 12.9. The Hall–Kier alpha value is -3.26. The summed E-state index contributed by atoms with van der Waals surface area (Å²) in [4.78, 5) is 38.9. The highest BCUT2D eigenvalue weighted by Crippen LogP contribution is 2.28. The van der Waals surface area contributed by atoms with E-state index >= 15 is 0 Å². The van der Waals surface area contributed by atoms with E-state index in [0.717, 1.165) is 21.4 Å². The third kappa shape index (κ3) is 3.58. The fourth-order valence-electron chi connectivity index (χ4n) is 2.99. The summed E-state index contributed by atoms with van der Waals surface area (Å²) in [6, 6.07) is 13.5. The van der Waals surface area contributed by atoms with Gasteiger partial charge in [0.1, 0.15) is 10.4 Å². The Morgan fingerprint density at radius 3 is 2.41 bits per heavy atom. The van der Waals surface area contributed by atoms with Gasteiger partial charge in [-0.3, -0.25) is 18.9 Å². The average molecular weight is 405 g/mol. The number of rotatable bonds is 4. The van der Waals surface area contributed by atoms with Gasteiger partial charge in [0.15, 0.2) is 11.5 Å². The number of fused-ring (bicyclic) bond motifs is 1. The molecule has 0 unspecified atom stereocenters. The van der Waals surface area contributed by atoms with Crippen LogP contribution in [-0.2, 0) is 19.8 Å². The number of nitrogens with zero attached hydrogens (tertiary/aromatic N) is 5. The highest BCUT2D eigenvalue weighted by Gasteiger charge is 2.18. The second-order valence-corrected chi connectivity index (χ2v) is 7.70. The second-order valence-electron chi connectivity index (χ2n) is 6.73. The smallest absolute Gasteiger partial charge is 0.280 e. The van der Waals surface area contributed by atoms with Crippen LogP contribution in [0.2, 0.25) is 0 Å².